The topological polar surface area (TPSA) is 93.5 Å². The summed E-state index contributed by atoms with van der Waals surface area (Å²) in [6.45, 7) is 6.22. The Kier molecular flexibility index (Phi) is 4.44. The number of ketones is 1. The highest BCUT2D eigenvalue weighted by molar-refractivity contribution is 7.98. The Labute approximate surface area is 158 Å². The lowest BCUT2D eigenvalue weighted by atomic mass is 10.2. The van der Waals surface area contributed by atoms with Gasteiger partial charge in [0.2, 0.25) is 0 Å². The van der Waals surface area contributed by atoms with Crippen LogP contribution in [0.15, 0.2) is 9.95 Å². The molecule has 1 N–H and O–H groups in total. The SMILES string of the molecule is CCn1c(SCc2nc3sc(C(C)=O)c(C)c3c(=O)[nH]2)nnc1C1CC1. The molecular weight excluding hydrogens is 370 g/mol. The zero-order valence-corrected chi connectivity index (χ0v) is 16.5. The first-order chi connectivity index (χ1) is 12.5. The fourth-order valence-electron chi connectivity index (χ4n) is 3.07. The van der Waals surface area contributed by atoms with Crippen molar-refractivity contribution in [1.82, 2.24) is 24.7 Å². The lowest BCUT2D eigenvalue weighted by Gasteiger charge is -2.06. The van der Waals surface area contributed by atoms with Crippen LogP contribution in [0.5, 0.6) is 0 Å². The van der Waals surface area contributed by atoms with Gasteiger partial charge in [0.25, 0.3) is 5.56 Å². The highest BCUT2D eigenvalue weighted by atomic mass is 32.2. The number of Topliss-reactive ketones (excluding diaryl/α,β-unsaturated/α-hetero) is 1. The maximum absolute atomic E-state index is 12.4. The van der Waals surface area contributed by atoms with Gasteiger partial charge in [-0.3, -0.25) is 9.59 Å². The molecule has 0 aromatic carbocycles. The minimum Gasteiger partial charge on any atom is -0.309 e. The number of carbonyl (C=O) groups is 1. The summed E-state index contributed by atoms with van der Waals surface area (Å²) in [6, 6.07) is 0. The number of aryl methyl sites for hydroxylation is 1. The van der Waals surface area contributed by atoms with Crippen molar-refractivity contribution in [3.8, 4) is 0 Å². The van der Waals surface area contributed by atoms with Crippen molar-refractivity contribution in [1.29, 1.82) is 0 Å². The molecule has 7 nitrogen and oxygen atoms in total. The smallest absolute Gasteiger partial charge is 0.259 e. The van der Waals surface area contributed by atoms with Crippen molar-refractivity contribution in [3.63, 3.8) is 0 Å². The van der Waals surface area contributed by atoms with Crippen LogP contribution < -0.4 is 5.56 Å². The van der Waals surface area contributed by atoms with E-state index in [9.17, 15) is 9.59 Å². The molecule has 26 heavy (non-hydrogen) atoms. The molecule has 0 spiro atoms. The fraction of sp³-hybridized carbons (Fsp3) is 0.471. The van der Waals surface area contributed by atoms with Gasteiger partial charge in [-0.05, 0) is 39.2 Å². The van der Waals surface area contributed by atoms with Crippen LogP contribution in [0, 0.1) is 6.92 Å². The Morgan fingerprint density at radius 3 is 2.81 bits per heavy atom. The molecule has 1 fully saturated rings. The van der Waals surface area contributed by atoms with Gasteiger partial charge in [-0.15, -0.1) is 21.5 Å². The molecule has 1 aliphatic rings. The number of thiophene rings is 1. The maximum Gasteiger partial charge on any atom is 0.259 e. The Morgan fingerprint density at radius 2 is 2.15 bits per heavy atom. The van der Waals surface area contributed by atoms with E-state index < -0.39 is 0 Å². The molecule has 3 aromatic rings. The van der Waals surface area contributed by atoms with Crippen molar-refractivity contribution in [2.24, 2.45) is 0 Å². The first-order valence-corrected chi connectivity index (χ1v) is 10.4. The molecule has 1 aliphatic carbocycles. The number of thioether (sulfide) groups is 1. The molecule has 1 saturated carbocycles. The summed E-state index contributed by atoms with van der Waals surface area (Å²) >= 11 is 2.80. The second kappa shape index (κ2) is 6.62. The zero-order valence-electron chi connectivity index (χ0n) is 14.8. The average Bonchev–Trinajstić information content (AvgIpc) is 3.27. The van der Waals surface area contributed by atoms with E-state index in [1.807, 2.05) is 0 Å². The molecule has 136 valence electrons. The van der Waals surface area contributed by atoms with E-state index in [1.165, 1.54) is 42.9 Å². The van der Waals surface area contributed by atoms with Gasteiger partial charge in [0, 0.05) is 12.5 Å². The third kappa shape index (κ3) is 2.99. The zero-order chi connectivity index (χ0) is 18.4. The number of nitrogens with zero attached hydrogens (tertiary/aromatic N) is 4. The van der Waals surface area contributed by atoms with E-state index in [0.29, 0.717) is 38.2 Å². The summed E-state index contributed by atoms with van der Waals surface area (Å²) in [7, 11) is 0. The predicted molar refractivity (Wildman–Crippen MR) is 102 cm³/mol. The maximum atomic E-state index is 12.4. The minimum atomic E-state index is -0.192. The summed E-state index contributed by atoms with van der Waals surface area (Å²) in [5.41, 5.74) is 0.521. The van der Waals surface area contributed by atoms with E-state index >= 15 is 0 Å². The third-order valence-corrected chi connectivity index (χ3v) is 6.78. The van der Waals surface area contributed by atoms with Crippen molar-refractivity contribution in [2.45, 2.75) is 57.0 Å². The van der Waals surface area contributed by atoms with Crippen molar-refractivity contribution in [3.05, 3.63) is 32.4 Å². The van der Waals surface area contributed by atoms with Crippen LogP contribution in [0.4, 0.5) is 0 Å². The van der Waals surface area contributed by atoms with Gasteiger partial charge in [-0.1, -0.05) is 11.8 Å². The second-order valence-corrected chi connectivity index (χ2v) is 8.39. The van der Waals surface area contributed by atoms with Crippen LogP contribution in [-0.2, 0) is 12.3 Å². The molecule has 0 aliphatic heterocycles. The number of hydrogen-bond acceptors (Lipinski definition) is 7. The van der Waals surface area contributed by atoms with E-state index in [0.717, 1.165) is 17.5 Å². The lowest BCUT2D eigenvalue weighted by molar-refractivity contribution is 0.102. The number of hydrogen-bond donors (Lipinski definition) is 1. The van der Waals surface area contributed by atoms with Crippen LogP contribution in [0.3, 0.4) is 0 Å². The van der Waals surface area contributed by atoms with Gasteiger partial charge < -0.3 is 9.55 Å². The van der Waals surface area contributed by atoms with Crippen molar-refractivity contribution in [2.75, 3.05) is 0 Å². The molecule has 0 saturated heterocycles. The summed E-state index contributed by atoms with van der Waals surface area (Å²) in [6.07, 6.45) is 2.37. The van der Waals surface area contributed by atoms with Gasteiger partial charge in [-0.2, -0.15) is 0 Å². The van der Waals surface area contributed by atoms with Gasteiger partial charge in [0.15, 0.2) is 10.9 Å². The van der Waals surface area contributed by atoms with Crippen LogP contribution in [0.25, 0.3) is 10.2 Å². The first kappa shape index (κ1) is 17.4. The van der Waals surface area contributed by atoms with Gasteiger partial charge in [0.1, 0.15) is 16.5 Å². The Hall–Kier alpha value is -2.00. The van der Waals surface area contributed by atoms with E-state index in [-0.39, 0.29) is 11.3 Å². The van der Waals surface area contributed by atoms with E-state index in [4.69, 9.17) is 0 Å². The minimum absolute atomic E-state index is 0.0375. The van der Waals surface area contributed by atoms with E-state index in [2.05, 4.69) is 31.7 Å². The van der Waals surface area contributed by atoms with Crippen LogP contribution in [-0.4, -0.2) is 30.5 Å². The molecule has 0 amide bonds. The van der Waals surface area contributed by atoms with Gasteiger partial charge in [0.05, 0.1) is 16.0 Å². The molecular formula is C17H19N5O2S2. The number of H-pyrrole nitrogens is 1. The van der Waals surface area contributed by atoms with Crippen molar-refractivity contribution >= 4 is 39.1 Å². The number of rotatable bonds is 6. The van der Waals surface area contributed by atoms with Crippen LogP contribution >= 0.6 is 23.1 Å². The number of fused-ring (bicyclic) bond motifs is 1. The number of aromatic amines is 1. The molecule has 0 bridgehead atoms. The average molecular weight is 390 g/mol. The van der Waals surface area contributed by atoms with Gasteiger partial charge >= 0.3 is 0 Å². The van der Waals surface area contributed by atoms with Crippen LogP contribution in [0.2, 0.25) is 0 Å². The monoisotopic (exact) mass is 389 g/mol. The van der Waals surface area contributed by atoms with E-state index in [1.54, 1.807) is 6.92 Å². The molecule has 0 atom stereocenters. The molecule has 0 unspecified atom stereocenters. The molecule has 9 heteroatoms. The summed E-state index contributed by atoms with van der Waals surface area (Å²) < 4.78 is 2.14. The third-order valence-electron chi connectivity index (χ3n) is 4.51. The number of carbonyl (C=O) groups excluding carboxylic acids is 1. The van der Waals surface area contributed by atoms with Crippen molar-refractivity contribution < 1.29 is 4.79 Å². The largest absolute Gasteiger partial charge is 0.309 e. The number of nitrogens with one attached hydrogen (secondary N) is 1. The quantitative estimate of drug-likeness (QED) is 0.514. The highest BCUT2D eigenvalue weighted by Crippen LogP contribution is 2.40. The predicted octanol–water partition coefficient (Wildman–Crippen LogP) is 3.28. The normalized spacial score (nSPS) is 14.3. The molecule has 0 radical (unpaired) electrons. The molecule has 4 rings (SSSR count). The number of aromatic nitrogens is 5. The summed E-state index contributed by atoms with van der Waals surface area (Å²) in [5.74, 6) is 2.66. The highest BCUT2D eigenvalue weighted by Gasteiger charge is 2.30. The summed E-state index contributed by atoms with van der Waals surface area (Å²) in [5, 5.41) is 10.00. The fourth-order valence-corrected chi connectivity index (χ4v) is 5.05. The lowest BCUT2D eigenvalue weighted by Crippen LogP contribution is -2.11. The van der Waals surface area contributed by atoms with Crippen LogP contribution in [0.1, 0.15) is 59.5 Å². The first-order valence-electron chi connectivity index (χ1n) is 8.58. The Morgan fingerprint density at radius 1 is 1.38 bits per heavy atom. The standard InChI is InChI=1S/C17H19N5O2S2/c1-4-22-14(10-5-6-10)20-21-17(22)25-7-11-18-15(24)12-8(2)13(9(3)23)26-16(12)19-11/h10H,4-7H2,1-3H3,(H,18,19,24). The molecule has 3 aromatic heterocycles. The second-order valence-electron chi connectivity index (χ2n) is 6.45. The molecule has 3 heterocycles. The van der Waals surface area contributed by atoms with Gasteiger partial charge in [-0.25, -0.2) is 4.98 Å². The Balaban J connectivity index is 1.62. The Bertz CT molecular complexity index is 1060. The summed E-state index contributed by atoms with van der Waals surface area (Å²) in [4.78, 5) is 32.8.